The Morgan fingerprint density at radius 1 is 1.04 bits per heavy atom. The largest absolute Gasteiger partial charge is 0.497 e. The molecule has 1 aromatic carbocycles. The molecule has 2 aliphatic rings. The monoisotopic (exact) mass is 658 g/mol. The van der Waals surface area contributed by atoms with Crippen LogP contribution in [0.4, 0.5) is 9.59 Å². The molecule has 1 aliphatic heterocycles. The third-order valence-corrected chi connectivity index (χ3v) is 8.03. The molecule has 5 atom stereocenters. The highest BCUT2D eigenvalue weighted by Gasteiger charge is 2.44. The minimum Gasteiger partial charge on any atom is -0.497 e. The number of fused-ring (bicyclic) bond motifs is 1. The van der Waals surface area contributed by atoms with Gasteiger partial charge in [0.2, 0.25) is 5.88 Å². The Morgan fingerprint density at radius 2 is 1.77 bits per heavy atom. The van der Waals surface area contributed by atoms with Crippen LogP contribution in [-0.4, -0.2) is 94.8 Å². The number of esters is 1. The van der Waals surface area contributed by atoms with Gasteiger partial charge in [-0.25, -0.2) is 29.1 Å². The first-order chi connectivity index (χ1) is 22.0. The maximum atomic E-state index is 13.0. The molecule has 2 fully saturated rings. The number of nitrogens with zero attached hydrogens (tertiary/aromatic N) is 3. The van der Waals surface area contributed by atoms with Crippen LogP contribution in [0.25, 0.3) is 11.0 Å². The Labute approximate surface area is 274 Å². The summed E-state index contributed by atoms with van der Waals surface area (Å²) in [5.41, 5.74) is 0.394. The van der Waals surface area contributed by atoms with Crippen molar-refractivity contribution in [2.75, 3.05) is 20.8 Å². The van der Waals surface area contributed by atoms with Crippen LogP contribution in [-0.2, 0) is 30.2 Å². The molecule has 1 saturated heterocycles. The summed E-state index contributed by atoms with van der Waals surface area (Å²) < 4.78 is 27.7. The lowest BCUT2D eigenvalue weighted by Gasteiger charge is -2.27. The number of aliphatic carboxylic acids is 1. The molecule has 2 aromatic rings. The van der Waals surface area contributed by atoms with Crippen molar-refractivity contribution < 1.29 is 48.0 Å². The van der Waals surface area contributed by atoms with Gasteiger partial charge in [0, 0.05) is 12.5 Å². The molecule has 47 heavy (non-hydrogen) atoms. The molecular weight excluding hydrogens is 612 g/mol. The first-order valence-corrected chi connectivity index (χ1v) is 15.8. The third kappa shape index (κ3) is 9.35. The Bertz CT molecular complexity index is 1480. The number of nitrogens with one attached hydrogen (secondary N) is 1. The average molecular weight is 659 g/mol. The van der Waals surface area contributed by atoms with Crippen molar-refractivity contribution in [2.45, 2.75) is 104 Å². The normalized spacial score (nSPS) is 21.5. The van der Waals surface area contributed by atoms with Crippen molar-refractivity contribution >= 4 is 35.2 Å². The van der Waals surface area contributed by atoms with Crippen molar-refractivity contribution in [3.05, 3.63) is 23.9 Å². The van der Waals surface area contributed by atoms with Crippen molar-refractivity contribution in [1.82, 2.24) is 20.2 Å². The maximum absolute atomic E-state index is 13.0. The van der Waals surface area contributed by atoms with Gasteiger partial charge in [-0.2, -0.15) is 0 Å². The van der Waals surface area contributed by atoms with Gasteiger partial charge >= 0.3 is 24.1 Å². The first-order valence-electron chi connectivity index (χ1n) is 15.8. The molecular formula is C33H46N4O10. The van der Waals surface area contributed by atoms with Gasteiger partial charge in [0.25, 0.3) is 0 Å². The van der Waals surface area contributed by atoms with Crippen molar-refractivity contribution in [3.63, 3.8) is 0 Å². The zero-order valence-electron chi connectivity index (χ0n) is 28.3. The molecule has 258 valence electrons. The summed E-state index contributed by atoms with van der Waals surface area (Å²) in [5.74, 6) is -0.655. The molecule has 2 heterocycles. The Kier molecular flexibility index (Phi) is 10.7. The molecule has 1 aliphatic carbocycles. The van der Waals surface area contributed by atoms with Gasteiger partial charge in [0.15, 0.2) is 0 Å². The zero-order valence-corrected chi connectivity index (χ0v) is 28.3. The van der Waals surface area contributed by atoms with E-state index >= 15 is 0 Å². The minimum absolute atomic E-state index is 0.0903. The molecule has 0 radical (unpaired) electrons. The van der Waals surface area contributed by atoms with Crippen LogP contribution >= 0.6 is 0 Å². The number of amides is 2. The van der Waals surface area contributed by atoms with Crippen LogP contribution in [0.15, 0.2) is 18.2 Å². The van der Waals surface area contributed by atoms with Crippen LogP contribution in [0.1, 0.15) is 72.9 Å². The number of ether oxygens (including phenoxy) is 5. The Hall–Kier alpha value is -4.36. The van der Waals surface area contributed by atoms with Crippen molar-refractivity contribution in [3.8, 4) is 11.6 Å². The number of likely N-dealkylation sites (tertiary alicyclic amines) is 1. The van der Waals surface area contributed by atoms with E-state index < -0.39 is 53.3 Å². The second-order valence-electron chi connectivity index (χ2n) is 14.1. The number of methoxy groups -OCH3 is 2. The molecule has 1 aromatic heterocycles. The second kappa shape index (κ2) is 14.2. The van der Waals surface area contributed by atoms with Crippen LogP contribution in [0.3, 0.4) is 0 Å². The number of alkyl carbamates (subject to hydrolysis) is 1. The lowest BCUT2D eigenvalue weighted by atomic mass is 9.87. The molecule has 0 spiro atoms. The number of benzene rings is 1. The molecule has 4 rings (SSSR count). The highest BCUT2D eigenvalue weighted by Crippen LogP contribution is 2.39. The number of carbonyl (C=O) groups is 4. The summed E-state index contributed by atoms with van der Waals surface area (Å²) in [6.45, 7) is 10.5. The lowest BCUT2D eigenvalue weighted by molar-refractivity contribution is -0.145. The van der Waals surface area contributed by atoms with E-state index in [-0.39, 0.29) is 30.9 Å². The number of hydrogen-bond donors (Lipinski definition) is 2. The van der Waals surface area contributed by atoms with Crippen molar-refractivity contribution in [1.29, 1.82) is 0 Å². The second-order valence-corrected chi connectivity index (χ2v) is 14.1. The molecule has 2 amide bonds. The minimum atomic E-state index is -1.12. The van der Waals surface area contributed by atoms with E-state index in [0.29, 0.717) is 41.7 Å². The highest BCUT2D eigenvalue weighted by molar-refractivity contribution is 5.82. The SMILES string of the molecule is COC(=O)[C@@H]1C[C@@H](Oc2nc3cc(OC)ccc3nc2CCC[C@@H]2C[C@H]2OC(=O)N[C@H](C(=O)O)C(C)(C)C)CN1C(=O)OC(C)(C)C. The third-order valence-electron chi connectivity index (χ3n) is 8.03. The van der Waals surface area contributed by atoms with E-state index in [0.717, 1.165) is 6.42 Å². The Balaban J connectivity index is 1.44. The number of carbonyl (C=O) groups excluding carboxylic acids is 3. The van der Waals surface area contributed by atoms with Crippen LogP contribution in [0.5, 0.6) is 11.6 Å². The van der Waals surface area contributed by atoms with Crippen LogP contribution < -0.4 is 14.8 Å². The topological polar surface area (TPSA) is 176 Å². The summed E-state index contributed by atoms with van der Waals surface area (Å²) in [7, 11) is 2.83. The number of hydrogen-bond acceptors (Lipinski definition) is 11. The van der Waals surface area contributed by atoms with E-state index in [9.17, 15) is 24.3 Å². The van der Waals surface area contributed by atoms with Gasteiger partial charge in [0.1, 0.15) is 41.3 Å². The number of aryl methyl sites for hydroxylation is 1. The smallest absolute Gasteiger partial charge is 0.411 e. The summed E-state index contributed by atoms with van der Waals surface area (Å²) in [6.07, 6.45) is 0.560. The quantitative estimate of drug-likeness (QED) is 0.256. The fraction of sp³-hybridized carbons (Fsp3) is 0.636. The molecule has 0 unspecified atom stereocenters. The fourth-order valence-electron chi connectivity index (χ4n) is 5.50. The molecule has 0 bridgehead atoms. The predicted molar refractivity (Wildman–Crippen MR) is 169 cm³/mol. The van der Waals surface area contributed by atoms with Gasteiger partial charge < -0.3 is 34.1 Å². The van der Waals surface area contributed by atoms with E-state index in [2.05, 4.69) is 5.32 Å². The lowest BCUT2D eigenvalue weighted by Crippen LogP contribution is -2.49. The average Bonchev–Trinajstić information content (AvgIpc) is 3.56. The fourth-order valence-corrected chi connectivity index (χ4v) is 5.50. The molecule has 14 nitrogen and oxygen atoms in total. The van der Waals surface area contributed by atoms with Gasteiger partial charge in [-0.05, 0) is 69.9 Å². The predicted octanol–water partition coefficient (Wildman–Crippen LogP) is 4.50. The zero-order chi connectivity index (χ0) is 34.7. The van der Waals surface area contributed by atoms with Gasteiger partial charge in [0.05, 0.1) is 31.8 Å². The molecule has 1 saturated carbocycles. The van der Waals surface area contributed by atoms with E-state index in [1.807, 2.05) is 6.07 Å². The maximum Gasteiger partial charge on any atom is 0.411 e. The van der Waals surface area contributed by atoms with Gasteiger partial charge in [-0.1, -0.05) is 20.8 Å². The van der Waals surface area contributed by atoms with Crippen LogP contribution in [0, 0.1) is 11.3 Å². The van der Waals surface area contributed by atoms with Crippen LogP contribution in [0.2, 0.25) is 0 Å². The first kappa shape index (κ1) is 35.5. The van der Waals surface area contributed by atoms with E-state index in [4.69, 9.17) is 33.7 Å². The molecule has 14 heteroatoms. The highest BCUT2D eigenvalue weighted by atomic mass is 16.6. The standard InChI is InChI=1S/C33H46N4O10/c1-32(2,3)26(28(38)39)36-30(41)46-25-14-18(25)10-9-11-22-27(35-23-15-19(43-7)12-13-21(23)34-22)45-20-16-24(29(40)44-8)37(17-20)31(42)47-33(4,5)6/h12-13,15,18,20,24-26H,9-11,14,16-17H2,1-8H3,(H,36,41)(H,38,39)/t18-,20-,24+,25-,26-/m1/s1. The summed E-state index contributed by atoms with van der Waals surface area (Å²) >= 11 is 0. The number of rotatable bonds is 11. The van der Waals surface area contributed by atoms with Crippen molar-refractivity contribution in [2.24, 2.45) is 11.3 Å². The van der Waals surface area contributed by atoms with Gasteiger partial charge in [-0.3, -0.25) is 4.90 Å². The Morgan fingerprint density at radius 3 is 2.38 bits per heavy atom. The van der Waals surface area contributed by atoms with E-state index in [1.54, 1.807) is 60.8 Å². The van der Waals surface area contributed by atoms with E-state index in [1.165, 1.54) is 12.0 Å². The number of aromatic nitrogens is 2. The number of carboxylic acid groups (broad SMARTS) is 1. The number of carboxylic acids is 1. The van der Waals surface area contributed by atoms with Gasteiger partial charge in [-0.15, -0.1) is 0 Å². The summed E-state index contributed by atoms with van der Waals surface area (Å²) in [6, 6.07) is 3.41. The summed E-state index contributed by atoms with van der Waals surface area (Å²) in [4.78, 5) is 60.5. The summed E-state index contributed by atoms with van der Waals surface area (Å²) in [5, 5.41) is 11.9. The molecule has 2 N–H and O–H groups in total.